The number of rotatable bonds is 6. The first-order valence-electron chi connectivity index (χ1n) is 16.6. The Hall–Kier alpha value is -6.46. The van der Waals surface area contributed by atoms with Gasteiger partial charge in [0, 0.05) is 22.5 Å². The summed E-state index contributed by atoms with van der Waals surface area (Å²) in [5, 5.41) is 2.24. The minimum atomic E-state index is 0.774. The first kappa shape index (κ1) is 28.7. The van der Waals surface area contributed by atoms with Crippen molar-refractivity contribution in [3.63, 3.8) is 0 Å². The molecule has 1 aliphatic rings. The summed E-state index contributed by atoms with van der Waals surface area (Å²) < 4.78 is 2.14. The van der Waals surface area contributed by atoms with Crippen LogP contribution in [-0.4, -0.2) is 24.5 Å². The van der Waals surface area contributed by atoms with Crippen LogP contribution in [0.3, 0.4) is 0 Å². The molecule has 8 aromatic rings. The second kappa shape index (κ2) is 12.3. The van der Waals surface area contributed by atoms with Crippen LogP contribution in [0.15, 0.2) is 164 Å². The van der Waals surface area contributed by atoms with E-state index in [1.54, 1.807) is 0 Å². The number of aromatic nitrogens is 5. The molecule has 0 atom stereocenters. The van der Waals surface area contributed by atoms with Gasteiger partial charge in [-0.15, -0.1) is 0 Å². The van der Waals surface area contributed by atoms with Crippen LogP contribution in [-0.2, 0) is 0 Å². The van der Waals surface area contributed by atoms with E-state index in [0.717, 1.165) is 85.8 Å². The average Bonchev–Trinajstić information content (AvgIpc) is 3.53. The largest absolute Gasteiger partial charge is 0.278 e. The molecule has 49 heavy (non-hydrogen) atoms. The van der Waals surface area contributed by atoms with Crippen LogP contribution in [0.25, 0.3) is 78.5 Å². The zero-order chi connectivity index (χ0) is 32.6. The van der Waals surface area contributed by atoms with Crippen LogP contribution in [0.4, 0.5) is 0 Å². The Morgan fingerprint density at radius 2 is 1.16 bits per heavy atom. The van der Waals surface area contributed by atoms with Gasteiger partial charge in [0.25, 0.3) is 0 Å². The highest BCUT2D eigenvalue weighted by Crippen LogP contribution is 2.34. The monoisotopic (exact) mass is 629 g/mol. The second-order valence-electron chi connectivity index (χ2n) is 12.2. The average molecular weight is 630 g/mol. The van der Waals surface area contributed by atoms with Crippen LogP contribution in [0, 0.1) is 0 Å². The Labute approximate surface area is 284 Å². The summed E-state index contributed by atoms with van der Waals surface area (Å²) in [7, 11) is 0. The molecular formula is C44H31N5. The van der Waals surface area contributed by atoms with E-state index in [4.69, 9.17) is 19.9 Å². The highest BCUT2D eigenvalue weighted by atomic mass is 15.1. The van der Waals surface area contributed by atoms with Crippen molar-refractivity contribution in [1.82, 2.24) is 24.5 Å². The normalized spacial score (nSPS) is 12.8. The molecule has 5 heteroatoms. The van der Waals surface area contributed by atoms with Gasteiger partial charge in [-0.2, -0.15) is 0 Å². The van der Waals surface area contributed by atoms with E-state index in [1.807, 2.05) is 66.9 Å². The first-order chi connectivity index (χ1) is 24.3. The zero-order valence-corrected chi connectivity index (χ0v) is 26.7. The Bertz CT molecular complexity index is 2490. The van der Waals surface area contributed by atoms with E-state index in [9.17, 15) is 0 Å². The van der Waals surface area contributed by atoms with Crippen molar-refractivity contribution < 1.29 is 0 Å². The van der Waals surface area contributed by atoms with E-state index in [1.165, 1.54) is 11.1 Å². The van der Waals surface area contributed by atoms with Gasteiger partial charge in [-0.05, 0) is 89.7 Å². The Morgan fingerprint density at radius 3 is 1.98 bits per heavy atom. The molecule has 5 heterocycles. The minimum absolute atomic E-state index is 0.774. The molecule has 0 aliphatic heterocycles. The van der Waals surface area contributed by atoms with Crippen molar-refractivity contribution in [2.75, 3.05) is 0 Å². The molecule has 232 valence electrons. The van der Waals surface area contributed by atoms with Gasteiger partial charge in [-0.25, -0.2) is 19.9 Å². The topological polar surface area (TPSA) is 56.5 Å². The summed E-state index contributed by atoms with van der Waals surface area (Å²) >= 11 is 0. The molecular weight excluding hydrogens is 599 g/mol. The maximum absolute atomic E-state index is 5.22. The molecule has 0 amide bonds. The lowest BCUT2D eigenvalue weighted by Crippen LogP contribution is -2.01. The number of fused-ring (bicyclic) bond motifs is 3. The standard InChI is InChI=1S/C44H31N5/c1-3-12-30(13-4-1)31-23-25-32(26-24-31)34-28-40(38-19-9-18-37(46-38)33-14-5-2-6-15-33)47-41(29-34)39-20-10-22-43(48-39)49-42-21-8-7-16-35(42)36-17-11-27-45-44(36)49/h2-3,5-29H,1,4H2. The van der Waals surface area contributed by atoms with Crippen molar-refractivity contribution in [3.05, 3.63) is 170 Å². The quantitative estimate of drug-likeness (QED) is 0.184. The fourth-order valence-corrected chi connectivity index (χ4v) is 6.71. The van der Waals surface area contributed by atoms with Crippen molar-refractivity contribution in [2.45, 2.75) is 12.8 Å². The smallest absolute Gasteiger partial charge is 0.146 e. The number of nitrogens with zero attached hydrogens (tertiary/aromatic N) is 5. The van der Waals surface area contributed by atoms with E-state index in [2.05, 4.69) is 102 Å². The van der Waals surface area contributed by atoms with Gasteiger partial charge < -0.3 is 0 Å². The maximum atomic E-state index is 5.22. The summed E-state index contributed by atoms with van der Waals surface area (Å²) in [5.41, 5.74) is 11.7. The summed E-state index contributed by atoms with van der Waals surface area (Å²) in [4.78, 5) is 20.3. The molecule has 5 nitrogen and oxygen atoms in total. The molecule has 0 saturated carbocycles. The molecule has 0 radical (unpaired) electrons. The number of pyridine rings is 4. The van der Waals surface area contributed by atoms with Gasteiger partial charge >= 0.3 is 0 Å². The lowest BCUT2D eigenvalue weighted by atomic mass is 9.96. The van der Waals surface area contributed by atoms with Gasteiger partial charge in [0.05, 0.1) is 34.0 Å². The number of para-hydroxylation sites is 1. The van der Waals surface area contributed by atoms with Crippen LogP contribution >= 0.6 is 0 Å². The van der Waals surface area contributed by atoms with Gasteiger partial charge in [0.15, 0.2) is 0 Å². The van der Waals surface area contributed by atoms with Crippen LogP contribution in [0.2, 0.25) is 0 Å². The van der Waals surface area contributed by atoms with Gasteiger partial charge in [0.2, 0.25) is 0 Å². The van der Waals surface area contributed by atoms with Crippen molar-refractivity contribution in [3.8, 4) is 51.0 Å². The third kappa shape index (κ3) is 5.41. The molecule has 0 fully saturated rings. The highest BCUT2D eigenvalue weighted by Gasteiger charge is 2.16. The molecule has 5 aromatic heterocycles. The number of hydrogen-bond acceptors (Lipinski definition) is 4. The third-order valence-corrected chi connectivity index (χ3v) is 9.11. The minimum Gasteiger partial charge on any atom is -0.278 e. The van der Waals surface area contributed by atoms with Crippen LogP contribution in [0.1, 0.15) is 18.4 Å². The Kier molecular flexibility index (Phi) is 7.21. The molecule has 1 aliphatic carbocycles. The molecule has 9 rings (SSSR count). The lowest BCUT2D eigenvalue weighted by molar-refractivity contribution is 1.04. The fraction of sp³-hybridized carbons (Fsp3) is 0.0455. The fourth-order valence-electron chi connectivity index (χ4n) is 6.71. The molecule has 3 aromatic carbocycles. The predicted octanol–water partition coefficient (Wildman–Crippen LogP) is 10.8. The van der Waals surface area contributed by atoms with Gasteiger partial charge in [-0.3, -0.25) is 4.57 Å². The Balaban J connectivity index is 1.19. The van der Waals surface area contributed by atoms with Crippen molar-refractivity contribution in [2.24, 2.45) is 0 Å². The van der Waals surface area contributed by atoms with E-state index in [0.29, 0.717) is 0 Å². The van der Waals surface area contributed by atoms with Crippen LogP contribution in [0.5, 0.6) is 0 Å². The predicted molar refractivity (Wildman–Crippen MR) is 200 cm³/mol. The second-order valence-corrected chi connectivity index (χ2v) is 12.2. The number of allylic oxidation sites excluding steroid dienone is 4. The van der Waals surface area contributed by atoms with E-state index >= 15 is 0 Å². The lowest BCUT2D eigenvalue weighted by Gasteiger charge is -2.13. The number of benzene rings is 3. The molecule has 0 unspecified atom stereocenters. The maximum Gasteiger partial charge on any atom is 0.146 e. The summed E-state index contributed by atoms with van der Waals surface area (Å²) in [6.07, 6.45) is 10.8. The molecule has 0 spiro atoms. The molecule has 0 N–H and O–H groups in total. The SMILES string of the molecule is C1=CC(c2ccc(-c3cc(-c4cccc(-c5ccccc5)n4)nc(-c4cccc(-n5c6ccccc6c6cccnc65)n4)c3)cc2)=CCC1. The summed E-state index contributed by atoms with van der Waals surface area (Å²) in [5.74, 6) is 0.790. The van der Waals surface area contributed by atoms with Gasteiger partial charge in [-0.1, -0.05) is 103 Å². The van der Waals surface area contributed by atoms with E-state index in [-0.39, 0.29) is 0 Å². The van der Waals surface area contributed by atoms with Crippen LogP contribution < -0.4 is 0 Å². The van der Waals surface area contributed by atoms with Crippen molar-refractivity contribution in [1.29, 1.82) is 0 Å². The van der Waals surface area contributed by atoms with E-state index < -0.39 is 0 Å². The molecule has 0 bridgehead atoms. The number of hydrogen-bond donors (Lipinski definition) is 0. The van der Waals surface area contributed by atoms with Crippen molar-refractivity contribution >= 4 is 27.5 Å². The van der Waals surface area contributed by atoms with Gasteiger partial charge in [0.1, 0.15) is 11.5 Å². The highest BCUT2D eigenvalue weighted by molar-refractivity contribution is 6.07. The summed E-state index contributed by atoms with van der Waals surface area (Å²) in [6, 6.07) is 48.0. The summed E-state index contributed by atoms with van der Waals surface area (Å²) in [6.45, 7) is 0. The molecule has 0 saturated heterocycles. The first-order valence-corrected chi connectivity index (χ1v) is 16.6. The zero-order valence-electron chi connectivity index (χ0n) is 26.7. The Morgan fingerprint density at radius 1 is 0.469 bits per heavy atom. The third-order valence-electron chi connectivity index (χ3n) is 9.11.